The second-order valence-electron chi connectivity index (χ2n) is 5.06. The molecule has 1 aliphatic heterocycles. The molecule has 0 spiro atoms. The second-order valence-corrected chi connectivity index (χ2v) is 6.05. The molecule has 0 fully saturated rings. The molecule has 2 atom stereocenters. The number of carbonyl (C=O) groups excluding carboxylic acids is 1. The van der Waals surface area contributed by atoms with Gasteiger partial charge in [0.2, 0.25) is 0 Å². The van der Waals surface area contributed by atoms with Crippen molar-refractivity contribution in [2.24, 2.45) is 5.92 Å². The lowest BCUT2D eigenvalue weighted by molar-refractivity contribution is 0.0956. The van der Waals surface area contributed by atoms with Crippen molar-refractivity contribution < 1.29 is 4.79 Å². The maximum absolute atomic E-state index is 12.0. The van der Waals surface area contributed by atoms with E-state index in [9.17, 15) is 4.79 Å². The van der Waals surface area contributed by atoms with E-state index in [1.54, 1.807) is 0 Å². The Morgan fingerprint density at radius 3 is 2.94 bits per heavy atom. The van der Waals surface area contributed by atoms with Gasteiger partial charge in [0.05, 0.1) is 0 Å². The van der Waals surface area contributed by atoms with E-state index in [1.807, 2.05) is 0 Å². The predicted octanol–water partition coefficient (Wildman–Crippen LogP) is 3.84. The molecule has 0 saturated carbocycles. The van der Waals surface area contributed by atoms with E-state index in [-0.39, 0.29) is 5.91 Å². The van der Waals surface area contributed by atoms with Crippen LogP contribution in [-0.2, 0) is 6.42 Å². The summed E-state index contributed by atoms with van der Waals surface area (Å²) in [5.74, 6) is 0.644. The average molecular weight is 310 g/mol. The van der Waals surface area contributed by atoms with Gasteiger partial charge in [0.1, 0.15) is 0 Å². The molecule has 1 aromatic rings. The molecule has 2 nitrogen and oxygen atoms in total. The molecule has 0 saturated heterocycles. The number of fused-ring (bicyclic) bond motifs is 1. The molecular weight excluding hydrogens is 290 g/mol. The van der Waals surface area contributed by atoms with Gasteiger partial charge in [0, 0.05) is 16.9 Å². The molecule has 1 aliphatic rings. The highest BCUT2D eigenvalue weighted by molar-refractivity contribution is 9.09. The van der Waals surface area contributed by atoms with Gasteiger partial charge in [0.15, 0.2) is 0 Å². The Balaban J connectivity index is 2.33. The number of hydrogen-bond donors (Lipinski definition) is 1. The summed E-state index contributed by atoms with van der Waals surface area (Å²) in [4.78, 5) is 12.3. The van der Waals surface area contributed by atoms with Gasteiger partial charge in [-0.1, -0.05) is 48.3 Å². The third kappa shape index (κ3) is 2.77. The van der Waals surface area contributed by atoms with E-state index in [2.05, 4.69) is 53.3 Å². The Morgan fingerprint density at radius 1 is 1.44 bits per heavy atom. The summed E-state index contributed by atoms with van der Waals surface area (Å²) in [6.45, 7) is 5.20. The van der Waals surface area contributed by atoms with E-state index < -0.39 is 0 Å². The maximum atomic E-state index is 12.0. The van der Waals surface area contributed by atoms with Gasteiger partial charge in [-0.3, -0.25) is 4.79 Å². The van der Waals surface area contributed by atoms with Gasteiger partial charge >= 0.3 is 0 Å². The largest absolute Gasteiger partial charge is 0.352 e. The smallest absolute Gasteiger partial charge is 0.251 e. The SMILES string of the molecule is CCC(C)C(Br)c1ccc2c(c1)C(=O)NCCC2. The van der Waals surface area contributed by atoms with Crippen molar-refractivity contribution in [1.82, 2.24) is 5.32 Å². The third-order valence-corrected chi connectivity index (χ3v) is 5.18. The van der Waals surface area contributed by atoms with Crippen molar-refractivity contribution >= 4 is 21.8 Å². The average Bonchev–Trinajstić information content (AvgIpc) is 2.59. The van der Waals surface area contributed by atoms with Crippen LogP contribution in [0.2, 0.25) is 0 Å². The highest BCUT2D eigenvalue weighted by atomic mass is 79.9. The molecule has 1 heterocycles. The molecule has 2 rings (SSSR count). The summed E-state index contributed by atoms with van der Waals surface area (Å²) in [6.07, 6.45) is 3.14. The van der Waals surface area contributed by atoms with Crippen molar-refractivity contribution in [2.45, 2.75) is 37.9 Å². The predicted molar refractivity (Wildman–Crippen MR) is 78.2 cm³/mol. The Morgan fingerprint density at radius 2 is 2.22 bits per heavy atom. The summed E-state index contributed by atoms with van der Waals surface area (Å²) < 4.78 is 0. The van der Waals surface area contributed by atoms with Crippen molar-refractivity contribution in [3.63, 3.8) is 0 Å². The number of amides is 1. The van der Waals surface area contributed by atoms with Crippen LogP contribution in [0.4, 0.5) is 0 Å². The second kappa shape index (κ2) is 5.87. The summed E-state index contributed by atoms with van der Waals surface area (Å²) in [6, 6.07) is 6.33. The lowest BCUT2D eigenvalue weighted by atomic mass is 9.94. The minimum Gasteiger partial charge on any atom is -0.352 e. The number of halogens is 1. The van der Waals surface area contributed by atoms with Crippen molar-refractivity contribution in [2.75, 3.05) is 6.54 Å². The molecule has 3 heteroatoms. The van der Waals surface area contributed by atoms with E-state index in [1.165, 1.54) is 11.1 Å². The number of alkyl halides is 1. The maximum Gasteiger partial charge on any atom is 0.251 e. The van der Waals surface area contributed by atoms with Crippen LogP contribution in [-0.4, -0.2) is 12.5 Å². The number of hydrogen-bond acceptors (Lipinski definition) is 1. The van der Waals surface area contributed by atoms with E-state index >= 15 is 0 Å². The minimum absolute atomic E-state index is 0.0770. The minimum atomic E-state index is 0.0770. The molecule has 98 valence electrons. The normalized spacial score (nSPS) is 18.5. The highest BCUT2D eigenvalue weighted by Gasteiger charge is 2.19. The zero-order valence-corrected chi connectivity index (χ0v) is 12.6. The van der Waals surface area contributed by atoms with E-state index in [0.29, 0.717) is 10.7 Å². The summed E-state index contributed by atoms with van der Waals surface area (Å²) in [5, 5.41) is 2.96. The lowest BCUT2D eigenvalue weighted by Crippen LogP contribution is -2.22. The van der Waals surface area contributed by atoms with Crippen molar-refractivity contribution in [1.29, 1.82) is 0 Å². The van der Waals surface area contributed by atoms with Gasteiger partial charge in [-0.25, -0.2) is 0 Å². The quantitative estimate of drug-likeness (QED) is 0.844. The molecule has 1 N–H and O–H groups in total. The van der Waals surface area contributed by atoms with Gasteiger partial charge in [0.25, 0.3) is 5.91 Å². The van der Waals surface area contributed by atoms with Gasteiger partial charge in [-0.05, 0) is 36.0 Å². The molecule has 0 aromatic heterocycles. The van der Waals surface area contributed by atoms with Gasteiger partial charge in [-0.15, -0.1) is 0 Å². The molecule has 0 aliphatic carbocycles. The van der Waals surface area contributed by atoms with Crippen molar-refractivity contribution in [3.8, 4) is 0 Å². The van der Waals surface area contributed by atoms with Crippen LogP contribution < -0.4 is 5.32 Å². The molecule has 2 unspecified atom stereocenters. The van der Waals surface area contributed by atoms with Crippen LogP contribution in [0.25, 0.3) is 0 Å². The fourth-order valence-corrected chi connectivity index (χ4v) is 2.97. The molecule has 18 heavy (non-hydrogen) atoms. The van der Waals surface area contributed by atoms with Crippen LogP contribution in [0.5, 0.6) is 0 Å². The molecule has 1 aromatic carbocycles. The summed E-state index contributed by atoms with van der Waals surface area (Å²) >= 11 is 3.75. The monoisotopic (exact) mass is 309 g/mol. The molecule has 0 radical (unpaired) electrons. The summed E-state index contributed by atoms with van der Waals surface area (Å²) in [5.41, 5.74) is 3.25. The number of benzene rings is 1. The fraction of sp³-hybridized carbons (Fsp3) is 0.533. The molecular formula is C15H20BrNO. The fourth-order valence-electron chi connectivity index (χ4n) is 2.31. The first-order chi connectivity index (χ1) is 8.63. The number of nitrogens with one attached hydrogen (secondary N) is 1. The van der Waals surface area contributed by atoms with Crippen LogP contribution in [0.15, 0.2) is 18.2 Å². The Bertz CT molecular complexity index is 444. The number of carbonyl (C=O) groups is 1. The molecule has 1 amide bonds. The zero-order chi connectivity index (χ0) is 13.1. The molecule has 0 bridgehead atoms. The topological polar surface area (TPSA) is 29.1 Å². The third-order valence-electron chi connectivity index (χ3n) is 3.75. The van der Waals surface area contributed by atoms with Crippen molar-refractivity contribution in [3.05, 3.63) is 34.9 Å². The van der Waals surface area contributed by atoms with E-state index in [0.717, 1.165) is 31.4 Å². The van der Waals surface area contributed by atoms with E-state index in [4.69, 9.17) is 0 Å². The number of aryl methyl sites for hydroxylation is 1. The van der Waals surface area contributed by atoms with Gasteiger partial charge in [-0.2, -0.15) is 0 Å². The first-order valence-electron chi connectivity index (χ1n) is 6.68. The number of rotatable bonds is 3. The van der Waals surface area contributed by atoms with Crippen LogP contribution in [0, 0.1) is 5.92 Å². The van der Waals surface area contributed by atoms with Crippen LogP contribution in [0.1, 0.15) is 53.0 Å². The summed E-state index contributed by atoms with van der Waals surface area (Å²) in [7, 11) is 0. The van der Waals surface area contributed by atoms with Crippen LogP contribution >= 0.6 is 15.9 Å². The Labute approximate surface area is 117 Å². The first kappa shape index (κ1) is 13.6. The van der Waals surface area contributed by atoms with Gasteiger partial charge < -0.3 is 5.32 Å². The lowest BCUT2D eigenvalue weighted by Gasteiger charge is -2.18. The first-order valence-corrected chi connectivity index (χ1v) is 7.60. The zero-order valence-electron chi connectivity index (χ0n) is 11.0. The Kier molecular flexibility index (Phi) is 4.44. The Hall–Kier alpha value is -0.830. The highest BCUT2D eigenvalue weighted by Crippen LogP contribution is 2.34. The van der Waals surface area contributed by atoms with Crippen LogP contribution in [0.3, 0.4) is 0 Å². The standard InChI is InChI=1S/C15H20BrNO/c1-3-10(2)14(16)12-7-6-11-5-4-8-17-15(18)13(11)9-12/h6-7,9-10,14H,3-5,8H2,1-2H3,(H,17,18).